The van der Waals surface area contributed by atoms with Crippen molar-refractivity contribution in [2.45, 2.75) is 24.6 Å². The highest BCUT2D eigenvalue weighted by atomic mass is 31.2. The van der Waals surface area contributed by atoms with Crippen LogP contribution >= 0.6 is 8.53 Å². The van der Waals surface area contributed by atoms with Gasteiger partial charge in [0, 0.05) is 6.20 Å². The van der Waals surface area contributed by atoms with Crippen LogP contribution in [0.3, 0.4) is 0 Å². The van der Waals surface area contributed by atoms with E-state index in [1.165, 1.54) is 10.9 Å². The summed E-state index contributed by atoms with van der Waals surface area (Å²) in [5, 5.41) is 10.5. The van der Waals surface area contributed by atoms with Crippen molar-refractivity contribution in [3.8, 4) is 0 Å². The summed E-state index contributed by atoms with van der Waals surface area (Å²) in [7, 11) is -2.10. The van der Waals surface area contributed by atoms with Crippen LogP contribution in [-0.4, -0.2) is 49.5 Å². The number of hydrogen-bond donors (Lipinski definition) is 4. The fraction of sp³-hybridized carbons (Fsp3) is 0.455. The minimum Gasteiger partial charge on any atom is -0.387 e. The number of alkyl halides is 1. The van der Waals surface area contributed by atoms with E-state index in [2.05, 4.69) is 9.97 Å². The number of rotatable bonds is 4. The predicted molar refractivity (Wildman–Crippen MR) is 76.0 cm³/mol. The van der Waals surface area contributed by atoms with E-state index >= 15 is 0 Å². The summed E-state index contributed by atoms with van der Waals surface area (Å²) in [4.78, 5) is 16.9. The van der Waals surface area contributed by atoms with E-state index in [-0.39, 0.29) is 12.4 Å². The lowest BCUT2D eigenvalue weighted by molar-refractivity contribution is -0.0408. The minimum atomic E-state index is -2.10. The Hall–Kier alpha value is -1.42. The second-order valence-corrected chi connectivity index (χ2v) is 5.68. The highest BCUT2D eigenvalue weighted by Crippen LogP contribution is 2.35. The Morgan fingerprint density at radius 1 is 1.50 bits per heavy atom. The molecule has 3 heterocycles. The Bertz CT molecular complexity index is 671. The van der Waals surface area contributed by atoms with Crippen molar-refractivity contribution in [1.29, 1.82) is 0 Å². The van der Waals surface area contributed by atoms with Crippen LogP contribution in [0.15, 0.2) is 18.6 Å². The number of anilines is 1. The van der Waals surface area contributed by atoms with Gasteiger partial charge in [0.1, 0.15) is 30.0 Å². The molecule has 1 saturated heterocycles. The van der Waals surface area contributed by atoms with Crippen LogP contribution in [-0.2, 0) is 9.26 Å². The molecule has 0 aromatic carbocycles. The van der Waals surface area contributed by atoms with E-state index in [1.807, 2.05) is 0 Å². The average Bonchev–Trinajstić information content (AvgIpc) is 3.01. The molecular formula is C11H15FN5O4P. The molecule has 1 fully saturated rings. The Labute approximate surface area is 125 Å². The largest absolute Gasteiger partial charge is 0.387 e. The zero-order valence-electron chi connectivity index (χ0n) is 11.3. The van der Waals surface area contributed by atoms with Gasteiger partial charge in [0.15, 0.2) is 12.4 Å². The van der Waals surface area contributed by atoms with Gasteiger partial charge in [0.25, 0.3) is 0 Å². The fourth-order valence-electron chi connectivity index (χ4n) is 2.41. The molecule has 3 rings (SSSR count). The van der Waals surface area contributed by atoms with Crippen molar-refractivity contribution in [2.24, 2.45) is 5.50 Å². The zero-order valence-corrected chi connectivity index (χ0v) is 12.2. The summed E-state index contributed by atoms with van der Waals surface area (Å²) in [6, 6.07) is 1.64. The van der Waals surface area contributed by atoms with Gasteiger partial charge in [-0.05, 0) is 6.07 Å². The Morgan fingerprint density at radius 3 is 3.00 bits per heavy atom. The van der Waals surface area contributed by atoms with E-state index in [4.69, 9.17) is 25.4 Å². The monoisotopic (exact) mass is 331 g/mol. The average molecular weight is 331 g/mol. The number of aliphatic hydroxyl groups excluding tert-OH is 1. The van der Waals surface area contributed by atoms with Gasteiger partial charge in [-0.25, -0.2) is 14.4 Å². The third-order valence-corrected chi connectivity index (χ3v) is 3.89. The summed E-state index contributed by atoms with van der Waals surface area (Å²) in [5.41, 5.74) is 11.2. The van der Waals surface area contributed by atoms with Crippen molar-refractivity contribution >= 4 is 25.4 Å². The van der Waals surface area contributed by atoms with Crippen molar-refractivity contribution in [3.05, 3.63) is 18.6 Å². The standard InChI is InChI=1S/C11H15FN5O4P/c12-7-8(18)6(3-20-22(14)19)21-11(7)17-2-1-5-9(13)15-4-16-10(5)17/h1-2,4,6-8,11,18-19H,3,14H2,(H2,13,15,16)/t6-,7-,8-,11-,22?/m1/s1. The maximum absolute atomic E-state index is 14.3. The summed E-state index contributed by atoms with van der Waals surface area (Å²) in [6.45, 7) is -0.215. The number of halogens is 1. The molecule has 2 aromatic heterocycles. The lowest BCUT2D eigenvalue weighted by Gasteiger charge is -2.16. The molecule has 0 saturated carbocycles. The molecule has 1 unspecified atom stereocenters. The lowest BCUT2D eigenvalue weighted by atomic mass is 10.1. The normalized spacial score (nSPS) is 30.0. The number of aromatic nitrogens is 3. The van der Waals surface area contributed by atoms with Crippen LogP contribution in [0.1, 0.15) is 6.23 Å². The molecule has 0 spiro atoms. The number of nitrogens with two attached hydrogens (primary N) is 2. The number of nitrogen functional groups attached to an aromatic ring is 1. The summed E-state index contributed by atoms with van der Waals surface area (Å²) in [6.07, 6.45) is -2.30. The van der Waals surface area contributed by atoms with Crippen LogP contribution < -0.4 is 11.2 Å². The van der Waals surface area contributed by atoms with Crippen LogP contribution in [0.25, 0.3) is 11.0 Å². The molecule has 0 bridgehead atoms. The summed E-state index contributed by atoms with van der Waals surface area (Å²) in [5.74, 6) is 0.270. The molecule has 2 aromatic rings. The minimum absolute atomic E-state index is 0.215. The van der Waals surface area contributed by atoms with Crippen LogP contribution in [0, 0.1) is 0 Å². The zero-order chi connectivity index (χ0) is 15.9. The van der Waals surface area contributed by atoms with E-state index in [0.29, 0.717) is 11.0 Å². The smallest absolute Gasteiger partial charge is 0.250 e. The molecular weight excluding hydrogens is 316 g/mol. The van der Waals surface area contributed by atoms with E-state index in [1.54, 1.807) is 12.3 Å². The predicted octanol–water partition coefficient (Wildman–Crippen LogP) is -0.196. The first-order valence-corrected chi connectivity index (χ1v) is 7.68. The maximum atomic E-state index is 14.3. The number of aliphatic hydroxyl groups is 1. The van der Waals surface area contributed by atoms with Crippen LogP contribution in [0.5, 0.6) is 0 Å². The van der Waals surface area contributed by atoms with Crippen LogP contribution in [0.4, 0.5) is 10.2 Å². The Morgan fingerprint density at radius 2 is 2.27 bits per heavy atom. The molecule has 0 amide bonds. The Kier molecular flexibility index (Phi) is 4.22. The molecule has 0 radical (unpaired) electrons. The Balaban J connectivity index is 1.86. The van der Waals surface area contributed by atoms with E-state index in [0.717, 1.165) is 0 Å². The quantitative estimate of drug-likeness (QED) is 0.565. The molecule has 9 nitrogen and oxygen atoms in total. The van der Waals surface area contributed by atoms with E-state index in [9.17, 15) is 9.50 Å². The van der Waals surface area contributed by atoms with Gasteiger partial charge in [-0.2, -0.15) is 0 Å². The number of fused-ring (bicyclic) bond motifs is 1. The molecule has 0 aliphatic carbocycles. The molecule has 120 valence electrons. The first kappa shape index (κ1) is 15.5. The topological polar surface area (TPSA) is 142 Å². The van der Waals surface area contributed by atoms with Crippen molar-refractivity contribution in [3.63, 3.8) is 0 Å². The molecule has 5 atom stereocenters. The second-order valence-electron chi connectivity index (χ2n) is 4.82. The molecule has 22 heavy (non-hydrogen) atoms. The summed E-state index contributed by atoms with van der Waals surface area (Å²) >= 11 is 0. The van der Waals surface area contributed by atoms with Gasteiger partial charge in [0.2, 0.25) is 8.53 Å². The molecule has 11 heteroatoms. The van der Waals surface area contributed by atoms with Gasteiger partial charge in [-0.15, -0.1) is 0 Å². The highest BCUT2D eigenvalue weighted by molar-refractivity contribution is 7.43. The van der Waals surface area contributed by atoms with E-state index < -0.39 is 33.1 Å². The first-order chi connectivity index (χ1) is 10.5. The van der Waals surface area contributed by atoms with Crippen LogP contribution in [0.2, 0.25) is 0 Å². The van der Waals surface area contributed by atoms with Crippen molar-refractivity contribution in [2.75, 3.05) is 12.3 Å². The van der Waals surface area contributed by atoms with Gasteiger partial charge < -0.3 is 29.6 Å². The van der Waals surface area contributed by atoms with Crippen molar-refractivity contribution in [1.82, 2.24) is 14.5 Å². The SMILES string of the molecule is Nc1ncnc2c1ccn2[C@@H]1O[C@H](COP(N)O)[C@@H](O)[C@H]1F. The molecule has 1 aliphatic heterocycles. The van der Waals surface area contributed by atoms with Crippen molar-refractivity contribution < 1.29 is 23.7 Å². The third kappa shape index (κ3) is 2.65. The van der Waals surface area contributed by atoms with Gasteiger partial charge in [-0.3, -0.25) is 5.50 Å². The molecule has 6 N–H and O–H groups in total. The second kappa shape index (κ2) is 5.99. The van der Waals surface area contributed by atoms with Gasteiger partial charge in [-0.1, -0.05) is 0 Å². The molecule has 1 aliphatic rings. The third-order valence-electron chi connectivity index (χ3n) is 3.48. The number of ether oxygens (including phenoxy) is 1. The van der Waals surface area contributed by atoms with Gasteiger partial charge >= 0.3 is 0 Å². The fourth-order valence-corrected chi connectivity index (χ4v) is 2.71. The highest BCUT2D eigenvalue weighted by Gasteiger charge is 2.45. The van der Waals surface area contributed by atoms with Gasteiger partial charge in [0.05, 0.1) is 12.0 Å². The maximum Gasteiger partial charge on any atom is 0.250 e. The number of hydrogen-bond acceptors (Lipinski definition) is 8. The lowest BCUT2D eigenvalue weighted by Crippen LogP contribution is -2.31. The number of nitrogens with zero attached hydrogens (tertiary/aromatic N) is 3. The summed E-state index contributed by atoms with van der Waals surface area (Å²) < 4.78 is 26.1. The first-order valence-electron chi connectivity index (χ1n) is 6.40.